The molecule has 0 bridgehead atoms. The summed E-state index contributed by atoms with van der Waals surface area (Å²) in [6.07, 6.45) is 0.885. The summed E-state index contributed by atoms with van der Waals surface area (Å²) in [5, 5.41) is 5.76. The van der Waals surface area contributed by atoms with E-state index in [1.54, 1.807) is 6.07 Å². The number of anilines is 3. The number of hydrogen-bond acceptors (Lipinski definition) is 3. The number of hydrogen-bond donors (Lipinski definition) is 2. The predicted molar refractivity (Wildman–Crippen MR) is 109 cm³/mol. The van der Waals surface area contributed by atoms with Crippen molar-refractivity contribution >= 4 is 23.1 Å². The molecule has 1 unspecified atom stereocenters. The Labute approximate surface area is 164 Å². The first kappa shape index (κ1) is 19.9. The van der Waals surface area contributed by atoms with Gasteiger partial charge >= 0.3 is 6.03 Å². The molecule has 1 fully saturated rings. The Bertz CT molecular complexity index is 856. The third kappa shape index (κ3) is 4.71. The van der Waals surface area contributed by atoms with Crippen LogP contribution >= 0.6 is 0 Å². The zero-order valence-electron chi connectivity index (χ0n) is 16.4. The van der Waals surface area contributed by atoms with Crippen molar-refractivity contribution in [2.45, 2.75) is 13.3 Å². The van der Waals surface area contributed by atoms with Crippen LogP contribution in [0, 0.1) is 24.5 Å². The highest BCUT2D eigenvalue weighted by atomic mass is 19.2. The number of halogens is 2. The molecule has 0 spiro atoms. The van der Waals surface area contributed by atoms with Crippen LogP contribution in [0.25, 0.3) is 0 Å². The van der Waals surface area contributed by atoms with Gasteiger partial charge in [-0.1, -0.05) is 0 Å². The Morgan fingerprint density at radius 2 is 1.96 bits per heavy atom. The van der Waals surface area contributed by atoms with E-state index in [0.29, 0.717) is 18.8 Å². The third-order valence-corrected chi connectivity index (χ3v) is 5.04. The quantitative estimate of drug-likeness (QED) is 0.814. The van der Waals surface area contributed by atoms with Crippen LogP contribution < -0.4 is 20.4 Å². The second-order valence-electron chi connectivity index (χ2n) is 7.43. The summed E-state index contributed by atoms with van der Waals surface area (Å²) in [6.45, 7) is 3.98. The van der Waals surface area contributed by atoms with Gasteiger partial charge in [-0.05, 0) is 55.2 Å². The molecule has 0 saturated carbocycles. The van der Waals surface area contributed by atoms with Gasteiger partial charge in [0.2, 0.25) is 0 Å². The fraction of sp³-hybridized carbons (Fsp3) is 0.381. The van der Waals surface area contributed by atoms with E-state index in [2.05, 4.69) is 10.6 Å². The van der Waals surface area contributed by atoms with E-state index in [1.165, 1.54) is 6.07 Å². The van der Waals surface area contributed by atoms with Crippen LogP contribution in [-0.2, 0) is 0 Å². The van der Waals surface area contributed by atoms with E-state index in [1.807, 2.05) is 49.0 Å². The molecule has 2 aromatic carbocycles. The van der Waals surface area contributed by atoms with E-state index < -0.39 is 11.6 Å². The minimum Gasteiger partial charge on any atom is -0.377 e. The average molecular weight is 388 g/mol. The van der Waals surface area contributed by atoms with Crippen LogP contribution in [-0.4, -0.2) is 39.8 Å². The van der Waals surface area contributed by atoms with Gasteiger partial charge in [-0.2, -0.15) is 0 Å². The van der Waals surface area contributed by atoms with Crippen LogP contribution in [0.3, 0.4) is 0 Å². The van der Waals surface area contributed by atoms with Crippen molar-refractivity contribution in [2.75, 3.05) is 48.8 Å². The Morgan fingerprint density at radius 1 is 1.18 bits per heavy atom. The topological polar surface area (TPSA) is 47.6 Å². The van der Waals surface area contributed by atoms with E-state index in [4.69, 9.17) is 0 Å². The van der Waals surface area contributed by atoms with Gasteiger partial charge in [-0.3, -0.25) is 0 Å². The first-order valence-electron chi connectivity index (χ1n) is 9.36. The zero-order chi connectivity index (χ0) is 20.3. The van der Waals surface area contributed by atoms with E-state index in [9.17, 15) is 13.6 Å². The molecule has 1 aliphatic heterocycles. The number of nitrogens with zero attached hydrogens (tertiary/aromatic N) is 2. The van der Waals surface area contributed by atoms with Crippen molar-refractivity contribution in [3.63, 3.8) is 0 Å². The maximum absolute atomic E-state index is 13.4. The molecular weight excluding hydrogens is 362 g/mol. The van der Waals surface area contributed by atoms with Gasteiger partial charge in [0, 0.05) is 56.9 Å². The second-order valence-corrected chi connectivity index (χ2v) is 7.43. The normalized spacial score (nSPS) is 16.2. The largest absolute Gasteiger partial charge is 0.377 e. The fourth-order valence-corrected chi connectivity index (χ4v) is 3.56. The number of nitrogens with one attached hydrogen (secondary N) is 2. The van der Waals surface area contributed by atoms with Gasteiger partial charge in [0.1, 0.15) is 0 Å². The minimum atomic E-state index is -0.841. The van der Waals surface area contributed by atoms with Crippen LogP contribution in [0.2, 0.25) is 0 Å². The fourth-order valence-electron chi connectivity index (χ4n) is 3.56. The zero-order valence-corrected chi connectivity index (χ0v) is 16.4. The maximum atomic E-state index is 13.4. The lowest BCUT2D eigenvalue weighted by Gasteiger charge is -2.19. The van der Waals surface area contributed by atoms with Gasteiger partial charge in [0.15, 0.2) is 11.6 Å². The molecule has 1 atom stereocenters. The highest BCUT2D eigenvalue weighted by molar-refractivity contribution is 5.89. The Morgan fingerprint density at radius 3 is 2.64 bits per heavy atom. The molecule has 1 aliphatic rings. The summed E-state index contributed by atoms with van der Waals surface area (Å²) in [5.41, 5.74) is 3.60. The van der Waals surface area contributed by atoms with Gasteiger partial charge in [-0.15, -0.1) is 0 Å². The van der Waals surface area contributed by atoms with Crippen molar-refractivity contribution in [1.29, 1.82) is 0 Å². The van der Waals surface area contributed by atoms with Gasteiger partial charge in [-0.25, -0.2) is 13.6 Å². The van der Waals surface area contributed by atoms with E-state index >= 15 is 0 Å². The van der Waals surface area contributed by atoms with Crippen molar-refractivity contribution in [3.05, 3.63) is 53.6 Å². The summed E-state index contributed by atoms with van der Waals surface area (Å²) < 4.78 is 26.5. The molecule has 2 N–H and O–H groups in total. The highest BCUT2D eigenvalue weighted by Gasteiger charge is 2.23. The Hall–Kier alpha value is -2.83. The second kappa shape index (κ2) is 8.46. The molecule has 28 heavy (non-hydrogen) atoms. The lowest BCUT2D eigenvalue weighted by atomic mass is 10.1. The monoisotopic (exact) mass is 388 g/mol. The Kier molecular flexibility index (Phi) is 6.02. The van der Waals surface area contributed by atoms with Crippen molar-refractivity contribution < 1.29 is 13.6 Å². The van der Waals surface area contributed by atoms with Crippen LogP contribution in [0.4, 0.5) is 30.6 Å². The lowest BCUT2D eigenvalue weighted by Crippen LogP contribution is -2.34. The van der Waals surface area contributed by atoms with Crippen LogP contribution in [0.1, 0.15) is 12.0 Å². The van der Waals surface area contributed by atoms with E-state index in [0.717, 1.165) is 36.0 Å². The number of carbonyl (C=O) groups is 1. The van der Waals surface area contributed by atoms with Gasteiger partial charge < -0.3 is 20.4 Å². The summed E-state index contributed by atoms with van der Waals surface area (Å²) in [6, 6.07) is 9.49. The van der Waals surface area contributed by atoms with Crippen molar-refractivity contribution in [1.82, 2.24) is 5.32 Å². The summed E-state index contributed by atoms with van der Waals surface area (Å²) >= 11 is 0. The number of aryl methyl sites for hydroxylation is 1. The van der Waals surface area contributed by atoms with E-state index in [-0.39, 0.29) is 11.9 Å². The molecule has 2 aromatic rings. The molecule has 0 aromatic heterocycles. The Balaban J connectivity index is 1.49. The molecule has 5 nitrogen and oxygen atoms in total. The van der Waals surface area contributed by atoms with Crippen LogP contribution in [0.15, 0.2) is 36.4 Å². The molecule has 1 heterocycles. The van der Waals surface area contributed by atoms with Crippen molar-refractivity contribution in [2.24, 2.45) is 5.92 Å². The number of urea groups is 1. The molecule has 0 radical (unpaired) electrons. The lowest BCUT2D eigenvalue weighted by molar-refractivity contribution is 0.250. The number of benzene rings is 2. The summed E-state index contributed by atoms with van der Waals surface area (Å²) in [4.78, 5) is 16.2. The third-order valence-electron chi connectivity index (χ3n) is 5.04. The van der Waals surface area contributed by atoms with Gasteiger partial charge in [0.05, 0.1) is 0 Å². The molecular formula is C21H26F2N4O. The maximum Gasteiger partial charge on any atom is 0.319 e. The first-order valence-corrected chi connectivity index (χ1v) is 9.36. The summed E-state index contributed by atoms with van der Waals surface area (Å²) in [5.74, 6) is -1.42. The molecule has 150 valence electrons. The minimum absolute atomic E-state index is 0.247. The highest BCUT2D eigenvalue weighted by Crippen LogP contribution is 2.25. The number of carbonyl (C=O) groups excluding carboxylic acids is 1. The molecule has 3 rings (SSSR count). The first-order chi connectivity index (χ1) is 13.3. The summed E-state index contributed by atoms with van der Waals surface area (Å²) in [7, 11) is 3.96. The van der Waals surface area contributed by atoms with Crippen molar-refractivity contribution in [3.8, 4) is 0 Å². The standard InChI is InChI=1S/C21H26F2N4O/c1-14-10-16(4-7-20(14)26(2)3)25-21(28)24-12-15-8-9-27(13-15)17-5-6-18(22)19(23)11-17/h4-7,10-11,15H,8-9,12-13H2,1-3H3,(H2,24,25,28). The number of rotatable bonds is 5. The molecule has 7 heteroatoms. The number of amides is 2. The average Bonchev–Trinajstić information content (AvgIpc) is 3.11. The van der Waals surface area contributed by atoms with Gasteiger partial charge in [0.25, 0.3) is 0 Å². The molecule has 2 amide bonds. The van der Waals surface area contributed by atoms with Crippen LogP contribution in [0.5, 0.6) is 0 Å². The smallest absolute Gasteiger partial charge is 0.319 e. The predicted octanol–water partition coefficient (Wildman–Crippen LogP) is 3.99. The molecule has 1 saturated heterocycles. The SMILES string of the molecule is Cc1cc(NC(=O)NCC2CCN(c3ccc(F)c(F)c3)C2)ccc1N(C)C. The molecule has 0 aliphatic carbocycles.